The Balaban J connectivity index is 2.75. The van der Waals surface area contributed by atoms with Gasteiger partial charge in [-0.1, -0.05) is 26.7 Å². The van der Waals surface area contributed by atoms with Crippen molar-refractivity contribution in [3.63, 3.8) is 0 Å². The van der Waals surface area contributed by atoms with Crippen molar-refractivity contribution in [2.24, 2.45) is 5.92 Å². The molecule has 1 heterocycles. The number of carbonyl (C=O) groups is 1. The summed E-state index contributed by atoms with van der Waals surface area (Å²) in [6, 6.07) is -1.07. The second kappa shape index (κ2) is 6.49. The molecule has 0 radical (unpaired) electrons. The van der Waals surface area contributed by atoms with Gasteiger partial charge >= 0.3 is 5.97 Å². The molecule has 6 nitrogen and oxygen atoms in total. The van der Waals surface area contributed by atoms with Crippen LogP contribution in [0.2, 0.25) is 0 Å². The molecule has 1 saturated heterocycles. The van der Waals surface area contributed by atoms with Crippen molar-refractivity contribution >= 4 is 16.2 Å². The zero-order valence-corrected chi connectivity index (χ0v) is 11.7. The van der Waals surface area contributed by atoms with E-state index >= 15 is 0 Å². The third kappa shape index (κ3) is 4.22. The molecular formula is C11H22N2O4S. The molecule has 0 saturated carbocycles. The van der Waals surface area contributed by atoms with E-state index in [1.165, 1.54) is 4.31 Å². The van der Waals surface area contributed by atoms with Crippen LogP contribution in [-0.4, -0.2) is 42.9 Å². The molecule has 106 valence electrons. The fourth-order valence-corrected chi connectivity index (χ4v) is 3.57. The standard InChI is InChI=1S/C11H22N2O4S/c1-9(2)10(11(14)15)12-18(16,17)13-7-5-3-4-6-8-13/h9-10,12H,3-8H2,1-2H3,(H,14,15)/t10-/m1/s1. The number of carboxylic acid groups (broad SMARTS) is 1. The van der Waals surface area contributed by atoms with Crippen LogP contribution in [0.15, 0.2) is 0 Å². The minimum absolute atomic E-state index is 0.288. The van der Waals surface area contributed by atoms with E-state index < -0.39 is 22.2 Å². The van der Waals surface area contributed by atoms with Gasteiger partial charge in [0.1, 0.15) is 6.04 Å². The SMILES string of the molecule is CC(C)[C@@H](NS(=O)(=O)N1CCCCCC1)C(=O)O. The first-order chi connectivity index (χ1) is 8.34. The van der Waals surface area contributed by atoms with E-state index in [4.69, 9.17) is 5.11 Å². The average Bonchev–Trinajstić information content (AvgIpc) is 2.54. The number of rotatable bonds is 5. The van der Waals surface area contributed by atoms with Gasteiger partial charge in [-0.15, -0.1) is 0 Å². The summed E-state index contributed by atoms with van der Waals surface area (Å²) in [5.41, 5.74) is 0. The molecule has 1 fully saturated rings. The van der Waals surface area contributed by atoms with Crippen LogP contribution in [0, 0.1) is 5.92 Å². The maximum absolute atomic E-state index is 12.1. The van der Waals surface area contributed by atoms with Crippen LogP contribution in [-0.2, 0) is 15.0 Å². The van der Waals surface area contributed by atoms with Crippen LogP contribution in [0.5, 0.6) is 0 Å². The van der Waals surface area contributed by atoms with Crippen molar-refractivity contribution in [2.75, 3.05) is 13.1 Å². The van der Waals surface area contributed by atoms with Gasteiger partial charge in [-0.3, -0.25) is 4.79 Å². The first-order valence-electron chi connectivity index (χ1n) is 6.35. The zero-order chi connectivity index (χ0) is 13.8. The molecule has 2 N–H and O–H groups in total. The lowest BCUT2D eigenvalue weighted by atomic mass is 10.1. The summed E-state index contributed by atoms with van der Waals surface area (Å²) in [4.78, 5) is 11.0. The van der Waals surface area contributed by atoms with E-state index in [-0.39, 0.29) is 5.92 Å². The van der Waals surface area contributed by atoms with Gasteiger partial charge in [-0.25, -0.2) is 0 Å². The van der Waals surface area contributed by atoms with Crippen LogP contribution in [0.1, 0.15) is 39.5 Å². The van der Waals surface area contributed by atoms with Gasteiger partial charge in [0.15, 0.2) is 0 Å². The van der Waals surface area contributed by atoms with E-state index in [1.54, 1.807) is 13.8 Å². The molecular weight excluding hydrogens is 256 g/mol. The van der Waals surface area contributed by atoms with Gasteiger partial charge in [0.05, 0.1) is 0 Å². The number of nitrogens with one attached hydrogen (secondary N) is 1. The van der Waals surface area contributed by atoms with Crippen molar-refractivity contribution < 1.29 is 18.3 Å². The van der Waals surface area contributed by atoms with Crippen molar-refractivity contribution in [1.82, 2.24) is 9.03 Å². The van der Waals surface area contributed by atoms with Crippen LogP contribution in [0.3, 0.4) is 0 Å². The Morgan fingerprint density at radius 2 is 1.67 bits per heavy atom. The molecule has 0 unspecified atom stereocenters. The molecule has 1 aliphatic heterocycles. The summed E-state index contributed by atoms with van der Waals surface area (Å²) < 4.78 is 27.9. The molecule has 0 aromatic heterocycles. The minimum Gasteiger partial charge on any atom is -0.480 e. The largest absolute Gasteiger partial charge is 0.480 e. The summed E-state index contributed by atoms with van der Waals surface area (Å²) in [6.07, 6.45) is 3.72. The van der Waals surface area contributed by atoms with Crippen molar-refractivity contribution in [1.29, 1.82) is 0 Å². The molecule has 1 aliphatic rings. The monoisotopic (exact) mass is 278 g/mol. The van der Waals surface area contributed by atoms with E-state index in [0.717, 1.165) is 25.7 Å². The zero-order valence-electron chi connectivity index (χ0n) is 10.9. The van der Waals surface area contributed by atoms with Crippen LogP contribution >= 0.6 is 0 Å². The Kier molecular flexibility index (Phi) is 5.55. The molecule has 1 atom stereocenters. The first kappa shape index (κ1) is 15.4. The summed E-state index contributed by atoms with van der Waals surface area (Å²) >= 11 is 0. The lowest BCUT2D eigenvalue weighted by Crippen LogP contribution is -2.50. The third-order valence-electron chi connectivity index (χ3n) is 3.11. The second-order valence-electron chi connectivity index (χ2n) is 5.00. The number of hydrogen-bond acceptors (Lipinski definition) is 3. The van der Waals surface area contributed by atoms with E-state index in [0.29, 0.717) is 13.1 Å². The normalized spacial score (nSPS) is 20.6. The Morgan fingerprint density at radius 3 is 2.06 bits per heavy atom. The molecule has 0 aromatic rings. The van der Waals surface area contributed by atoms with Gasteiger partial charge < -0.3 is 5.11 Å². The predicted octanol–water partition coefficient (Wildman–Crippen LogP) is 0.806. The minimum atomic E-state index is -3.69. The van der Waals surface area contributed by atoms with Gasteiger partial charge in [0.2, 0.25) is 0 Å². The summed E-state index contributed by atoms with van der Waals surface area (Å²) in [6.45, 7) is 4.31. The number of hydrogen-bond donors (Lipinski definition) is 2. The summed E-state index contributed by atoms with van der Waals surface area (Å²) in [5.74, 6) is -1.42. The Morgan fingerprint density at radius 1 is 1.17 bits per heavy atom. The Labute approximate surface area is 109 Å². The van der Waals surface area contributed by atoms with Gasteiger partial charge in [0.25, 0.3) is 10.2 Å². The summed E-state index contributed by atoms with van der Waals surface area (Å²) in [5, 5.41) is 9.02. The molecule has 7 heteroatoms. The average molecular weight is 278 g/mol. The number of aliphatic carboxylic acids is 1. The first-order valence-corrected chi connectivity index (χ1v) is 7.79. The van der Waals surface area contributed by atoms with Crippen LogP contribution in [0.4, 0.5) is 0 Å². The fraction of sp³-hybridized carbons (Fsp3) is 0.909. The van der Waals surface area contributed by atoms with Crippen LogP contribution in [0.25, 0.3) is 0 Å². The molecule has 0 aliphatic carbocycles. The molecule has 0 bridgehead atoms. The smallest absolute Gasteiger partial charge is 0.322 e. The maximum atomic E-state index is 12.1. The lowest BCUT2D eigenvalue weighted by molar-refractivity contribution is -0.140. The highest BCUT2D eigenvalue weighted by atomic mass is 32.2. The van der Waals surface area contributed by atoms with Crippen molar-refractivity contribution in [3.8, 4) is 0 Å². The van der Waals surface area contributed by atoms with Crippen molar-refractivity contribution in [2.45, 2.75) is 45.6 Å². The second-order valence-corrected chi connectivity index (χ2v) is 6.70. The topological polar surface area (TPSA) is 86.7 Å². The van der Waals surface area contributed by atoms with E-state index in [9.17, 15) is 13.2 Å². The molecule has 1 rings (SSSR count). The van der Waals surface area contributed by atoms with Crippen LogP contribution < -0.4 is 4.72 Å². The fourth-order valence-electron chi connectivity index (χ4n) is 1.99. The van der Waals surface area contributed by atoms with Gasteiger partial charge in [0, 0.05) is 13.1 Å². The van der Waals surface area contributed by atoms with Crippen molar-refractivity contribution in [3.05, 3.63) is 0 Å². The molecule has 0 spiro atoms. The van der Waals surface area contributed by atoms with Gasteiger partial charge in [-0.05, 0) is 18.8 Å². The highest BCUT2D eigenvalue weighted by Crippen LogP contribution is 2.14. The van der Waals surface area contributed by atoms with Gasteiger partial charge in [-0.2, -0.15) is 17.4 Å². The third-order valence-corrected chi connectivity index (χ3v) is 4.71. The quantitative estimate of drug-likeness (QED) is 0.779. The Hall–Kier alpha value is -0.660. The Bertz CT molecular complexity index is 373. The number of carboxylic acids is 1. The van der Waals surface area contributed by atoms with E-state index in [1.807, 2.05) is 0 Å². The molecule has 18 heavy (non-hydrogen) atoms. The molecule has 0 amide bonds. The lowest BCUT2D eigenvalue weighted by Gasteiger charge is -2.24. The molecule has 0 aromatic carbocycles. The van der Waals surface area contributed by atoms with E-state index in [2.05, 4.69) is 4.72 Å². The number of nitrogens with zero attached hydrogens (tertiary/aromatic N) is 1. The highest BCUT2D eigenvalue weighted by Gasteiger charge is 2.31. The predicted molar refractivity (Wildman–Crippen MR) is 68.4 cm³/mol. The maximum Gasteiger partial charge on any atom is 0.322 e. The highest BCUT2D eigenvalue weighted by molar-refractivity contribution is 7.87. The summed E-state index contributed by atoms with van der Waals surface area (Å²) in [7, 11) is -3.69.